The van der Waals surface area contributed by atoms with Crippen molar-refractivity contribution in [2.45, 2.75) is 33.7 Å². The Balaban J connectivity index is 1.04. The molecule has 4 aliphatic rings. The summed E-state index contributed by atoms with van der Waals surface area (Å²) >= 11 is 0. The van der Waals surface area contributed by atoms with E-state index in [4.69, 9.17) is 0 Å². The van der Waals surface area contributed by atoms with Crippen LogP contribution in [0.2, 0.25) is 0 Å². The number of rotatable bonds is 2. The Morgan fingerprint density at radius 3 is 1.57 bits per heavy atom. The predicted molar refractivity (Wildman–Crippen MR) is 302 cm³/mol. The first kappa shape index (κ1) is 38.0. The molecule has 72 heavy (non-hydrogen) atoms. The van der Waals surface area contributed by atoms with Gasteiger partial charge in [-0.25, -0.2) is 0 Å². The molecule has 0 bridgehead atoms. The zero-order valence-electron chi connectivity index (χ0n) is 40.3. The van der Waals surface area contributed by atoms with Gasteiger partial charge in [0.2, 0.25) is 0 Å². The first-order chi connectivity index (χ1) is 35.4. The van der Waals surface area contributed by atoms with E-state index < -0.39 is 0 Å². The summed E-state index contributed by atoms with van der Waals surface area (Å²) in [6.07, 6.45) is 0. The Morgan fingerprint density at radius 1 is 0.375 bits per heavy atom. The van der Waals surface area contributed by atoms with Crippen LogP contribution in [-0.4, -0.2) is 25.0 Å². The van der Waals surface area contributed by atoms with Gasteiger partial charge in [-0.15, -0.1) is 0 Å². The summed E-state index contributed by atoms with van der Waals surface area (Å²) in [5.41, 5.74) is 34.1. The minimum Gasteiger partial charge on any atom is -0.374 e. The summed E-state index contributed by atoms with van der Waals surface area (Å²) in [4.78, 5) is 0. The van der Waals surface area contributed by atoms with Crippen LogP contribution in [0, 0.1) is 27.7 Å². The average molecular weight is 915 g/mol. The van der Waals surface area contributed by atoms with Crippen molar-refractivity contribution in [3.8, 4) is 55.9 Å². The molecule has 0 saturated carbocycles. The maximum absolute atomic E-state index is 2.81. The van der Waals surface area contributed by atoms with Crippen LogP contribution < -0.4 is 10.9 Å². The molecule has 0 radical (unpaired) electrons. The monoisotopic (exact) mass is 914 g/mol. The minimum absolute atomic E-state index is 0.0632. The third kappa shape index (κ3) is 4.22. The van der Waals surface area contributed by atoms with Crippen molar-refractivity contribution in [1.82, 2.24) is 18.2 Å². The lowest BCUT2D eigenvalue weighted by atomic mass is 9.45. The summed E-state index contributed by atoms with van der Waals surface area (Å²) < 4.78 is 10.8. The van der Waals surface area contributed by atoms with Gasteiger partial charge in [0, 0.05) is 65.8 Å². The maximum atomic E-state index is 2.81. The molecule has 0 N–H and O–H groups in total. The van der Waals surface area contributed by atoms with Crippen molar-refractivity contribution >= 4 is 94.2 Å². The van der Waals surface area contributed by atoms with E-state index in [2.05, 4.69) is 228 Å². The lowest BCUT2D eigenvalue weighted by Gasteiger charge is -2.36. The summed E-state index contributed by atoms with van der Waals surface area (Å²) in [5.74, 6) is 0. The number of para-hydroxylation sites is 6. The first-order valence-electron chi connectivity index (χ1n) is 25.6. The van der Waals surface area contributed by atoms with Crippen molar-refractivity contribution in [3.63, 3.8) is 0 Å². The van der Waals surface area contributed by atoms with Crippen LogP contribution in [0.1, 0.15) is 39.4 Å². The number of hydrogen-bond donors (Lipinski definition) is 0. The van der Waals surface area contributed by atoms with Gasteiger partial charge >= 0.3 is 6.85 Å². The number of benzene rings is 10. The van der Waals surface area contributed by atoms with E-state index in [1.54, 1.807) is 0 Å². The number of aryl methyl sites for hydroxylation is 4. The van der Waals surface area contributed by atoms with Gasteiger partial charge in [0.1, 0.15) is 0 Å². The molecular weight excluding hydrogens is 872 g/mol. The van der Waals surface area contributed by atoms with Crippen LogP contribution in [0.4, 0.5) is 0 Å². The van der Waals surface area contributed by atoms with Gasteiger partial charge < -0.3 is 18.2 Å². The molecule has 0 spiro atoms. The Morgan fingerprint density at radius 2 is 0.889 bits per heavy atom. The third-order valence-electron chi connectivity index (χ3n) is 17.8. The summed E-state index contributed by atoms with van der Waals surface area (Å²) in [5, 5.41) is 7.82. The van der Waals surface area contributed by atoms with E-state index in [1.807, 2.05) is 0 Å². The molecule has 5 heteroatoms. The third-order valence-corrected chi connectivity index (χ3v) is 17.8. The van der Waals surface area contributed by atoms with Crippen molar-refractivity contribution < 1.29 is 0 Å². The minimum atomic E-state index is -0.0632. The van der Waals surface area contributed by atoms with E-state index in [-0.39, 0.29) is 12.9 Å². The predicted octanol–water partition coefficient (Wildman–Crippen LogP) is 15.4. The van der Waals surface area contributed by atoms with Crippen molar-refractivity contribution in [1.29, 1.82) is 0 Å². The molecule has 0 fully saturated rings. The van der Waals surface area contributed by atoms with Gasteiger partial charge in [-0.2, -0.15) is 0 Å². The molecular formula is C67H43BN4. The Hall–Kier alpha value is -8.80. The van der Waals surface area contributed by atoms with Gasteiger partial charge in [-0.3, -0.25) is 0 Å². The van der Waals surface area contributed by atoms with Gasteiger partial charge in [-0.1, -0.05) is 146 Å². The highest BCUT2D eigenvalue weighted by molar-refractivity contribution is 6.90. The molecule has 0 aliphatic carbocycles. The number of hydrogen-bond acceptors (Lipinski definition) is 0. The molecule has 10 aromatic carbocycles. The molecule has 8 heterocycles. The van der Waals surface area contributed by atoms with E-state index in [1.165, 1.54) is 177 Å². The zero-order chi connectivity index (χ0) is 47.2. The largest absolute Gasteiger partial charge is 0.374 e. The molecule has 18 rings (SSSR count). The second kappa shape index (κ2) is 12.7. The topological polar surface area (TPSA) is 19.7 Å². The van der Waals surface area contributed by atoms with Crippen LogP contribution in [0.25, 0.3) is 132 Å². The van der Waals surface area contributed by atoms with Gasteiger partial charge in [-0.05, 0) is 131 Å². The van der Waals surface area contributed by atoms with E-state index >= 15 is 0 Å². The maximum Gasteiger partial charge on any atom is 0.333 e. The summed E-state index contributed by atoms with van der Waals surface area (Å²) in [7, 11) is 0. The second-order valence-corrected chi connectivity index (χ2v) is 21.3. The number of fused-ring (bicyclic) bond motifs is 19. The molecule has 334 valence electrons. The molecule has 0 saturated heterocycles. The van der Waals surface area contributed by atoms with Crippen LogP contribution in [0.3, 0.4) is 0 Å². The molecule has 1 atom stereocenters. The molecule has 4 aromatic heterocycles. The van der Waals surface area contributed by atoms with E-state index in [0.717, 1.165) is 0 Å². The number of nitrogens with zero attached hydrogens (tertiary/aromatic N) is 4. The number of aromatic nitrogens is 4. The van der Waals surface area contributed by atoms with Crippen molar-refractivity contribution in [3.05, 3.63) is 215 Å². The van der Waals surface area contributed by atoms with Crippen LogP contribution in [0.5, 0.6) is 0 Å². The summed E-state index contributed by atoms with van der Waals surface area (Å²) in [6.45, 7) is 9.03. The first-order valence-corrected chi connectivity index (χ1v) is 25.6. The standard InChI is InChI=1S/C67H43BN4/c1-35-15-9-16-36(2)57(35)39-31-50-45-22-12-26-48-62(45)71(65-47-25-11-21-43-41-19-5-7-29-53(41)69(61(43)47)55(33-39)59(50)65)66-49-27-13-23-46-51-32-40(58-37(3)17-10-18-38(58)4)34-56-60(51)68(72(63(46)49)67(48)66)52-28-14-24-44-42-20-6-8-30-54(42)70(56)64(44)52/h5-34,65H,1-4H3. The molecule has 4 nitrogen and oxygen atoms in total. The molecule has 4 aliphatic heterocycles. The van der Waals surface area contributed by atoms with Gasteiger partial charge in [0.25, 0.3) is 0 Å². The Kier molecular flexibility index (Phi) is 6.73. The molecule has 0 amide bonds. The molecule has 1 unspecified atom stereocenters. The SMILES string of the molecule is Cc1cccc(C)c1-c1cc2c3c(c1)-n1c4ccccc4c4cccc(c41)B3n1c3c-2cccc3c2c1c1cccc3c1n2C1c2c-3cc(-c3c(C)cccc3C)cc2-n2c3ccccc3c3cccc1c32. The van der Waals surface area contributed by atoms with Crippen molar-refractivity contribution in [2.75, 3.05) is 0 Å². The summed E-state index contributed by atoms with van der Waals surface area (Å²) in [6, 6.07) is 70.2. The van der Waals surface area contributed by atoms with E-state index in [0.29, 0.717) is 0 Å². The lowest BCUT2D eigenvalue weighted by molar-refractivity contribution is 0.711. The van der Waals surface area contributed by atoms with E-state index in [9.17, 15) is 0 Å². The van der Waals surface area contributed by atoms with Crippen molar-refractivity contribution in [2.24, 2.45) is 0 Å². The highest BCUT2D eigenvalue weighted by Gasteiger charge is 2.45. The fourth-order valence-electron chi connectivity index (χ4n) is 15.3. The van der Waals surface area contributed by atoms with Gasteiger partial charge in [0.15, 0.2) is 0 Å². The fraction of sp³-hybridized carbons (Fsp3) is 0.0746. The van der Waals surface area contributed by atoms with Crippen LogP contribution >= 0.6 is 0 Å². The fourth-order valence-corrected chi connectivity index (χ4v) is 15.3. The average Bonchev–Trinajstić information content (AvgIpc) is 4.14. The Bertz CT molecular complexity index is 4580. The quantitative estimate of drug-likeness (QED) is 0.154. The highest BCUT2D eigenvalue weighted by Crippen LogP contribution is 2.58. The smallest absolute Gasteiger partial charge is 0.333 e. The normalized spacial score (nSPS) is 14.5. The van der Waals surface area contributed by atoms with Gasteiger partial charge in [0.05, 0.1) is 50.3 Å². The zero-order valence-corrected chi connectivity index (χ0v) is 40.3. The lowest BCUT2D eigenvalue weighted by Crippen LogP contribution is -2.55. The van der Waals surface area contributed by atoms with Crippen LogP contribution in [-0.2, 0) is 0 Å². The van der Waals surface area contributed by atoms with Crippen LogP contribution in [0.15, 0.2) is 182 Å². The molecule has 14 aromatic rings. The second-order valence-electron chi connectivity index (χ2n) is 21.3. The Labute approximate surface area is 415 Å². The highest BCUT2D eigenvalue weighted by atomic mass is 15.1.